The van der Waals surface area contributed by atoms with E-state index in [0.29, 0.717) is 18.4 Å². The molecule has 0 aliphatic heterocycles. The van der Waals surface area contributed by atoms with Crippen molar-refractivity contribution in [3.63, 3.8) is 0 Å². The zero-order valence-electron chi connectivity index (χ0n) is 11.8. The van der Waals surface area contributed by atoms with E-state index in [9.17, 15) is 9.90 Å². The predicted molar refractivity (Wildman–Crippen MR) is 83.0 cm³/mol. The zero-order chi connectivity index (χ0) is 14.4. The van der Waals surface area contributed by atoms with E-state index < -0.39 is 5.60 Å². The van der Waals surface area contributed by atoms with Gasteiger partial charge in [-0.05, 0) is 62.1 Å². The number of benzene rings is 1. The van der Waals surface area contributed by atoms with Crippen LogP contribution in [0.25, 0.3) is 0 Å². The SMILES string of the molecule is CSc1ccc(C(=O)C#CC2(O)CCCCCC2)cc1. The predicted octanol–water partition coefficient (Wildman–Crippen LogP) is 3.68. The smallest absolute Gasteiger partial charge is 0.235 e. The van der Waals surface area contributed by atoms with Crippen molar-refractivity contribution in [2.45, 2.75) is 49.0 Å². The van der Waals surface area contributed by atoms with Gasteiger partial charge in [-0.1, -0.05) is 18.8 Å². The Kier molecular flexibility index (Phi) is 5.28. The van der Waals surface area contributed by atoms with Crippen LogP contribution in [0.1, 0.15) is 48.9 Å². The number of thioether (sulfide) groups is 1. The van der Waals surface area contributed by atoms with Crippen molar-refractivity contribution < 1.29 is 9.90 Å². The fourth-order valence-electron chi connectivity index (χ4n) is 2.43. The summed E-state index contributed by atoms with van der Waals surface area (Å²) >= 11 is 1.64. The molecule has 0 amide bonds. The summed E-state index contributed by atoms with van der Waals surface area (Å²) in [6, 6.07) is 7.42. The Labute approximate surface area is 125 Å². The van der Waals surface area contributed by atoms with Gasteiger partial charge in [-0.25, -0.2) is 0 Å². The molecule has 0 unspecified atom stereocenters. The second kappa shape index (κ2) is 6.97. The molecule has 0 bridgehead atoms. The molecule has 3 heteroatoms. The zero-order valence-corrected chi connectivity index (χ0v) is 12.6. The first-order valence-corrected chi connectivity index (χ1v) is 8.29. The summed E-state index contributed by atoms with van der Waals surface area (Å²) in [7, 11) is 0. The van der Waals surface area contributed by atoms with Gasteiger partial charge in [0.05, 0.1) is 0 Å². The van der Waals surface area contributed by atoms with Crippen molar-refractivity contribution in [2.75, 3.05) is 6.26 Å². The highest BCUT2D eigenvalue weighted by molar-refractivity contribution is 7.98. The molecule has 1 aliphatic carbocycles. The van der Waals surface area contributed by atoms with Crippen LogP contribution in [0.5, 0.6) is 0 Å². The first-order chi connectivity index (χ1) is 9.63. The minimum Gasteiger partial charge on any atom is -0.378 e. The number of carbonyl (C=O) groups excluding carboxylic acids is 1. The van der Waals surface area contributed by atoms with E-state index >= 15 is 0 Å². The molecule has 0 atom stereocenters. The summed E-state index contributed by atoms with van der Waals surface area (Å²) in [6.07, 6.45) is 7.63. The third-order valence-corrected chi connectivity index (χ3v) is 4.44. The molecule has 0 saturated heterocycles. The summed E-state index contributed by atoms with van der Waals surface area (Å²) < 4.78 is 0. The fourth-order valence-corrected chi connectivity index (χ4v) is 2.83. The molecule has 0 heterocycles. The van der Waals surface area contributed by atoms with Gasteiger partial charge in [0, 0.05) is 10.5 Å². The topological polar surface area (TPSA) is 37.3 Å². The average Bonchev–Trinajstić information content (AvgIpc) is 2.70. The highest BCUT2D eigenvalue weighted by atomic mass is 32.2. The maximum atomic E-state index is 12.0. The Hall–Kier alpha value is -1.24. The van der Waals surface area contributed by atoms with E-state index in [1.807, 2.05) is 18.4 Å². The Morgan fingerprint density at radius 1 is 1.15 bits per heavy atom. The summed E-state index contributed by atoms with van der Waals surface area (Å²) in [5.41, 5.74) is -0.377. The lowest BCUT2D eigenvalue weighted by molar-refractivity contribution is 0.0842. The Bertz CT molecular complexity index is 514. The lowest BCUT2D eigenvalue weighted by Gasteiger charge is -2.18. The number of aliphatic hydroxyl groups is 1. The van der Waals surface area contributed by atoms with Crippen molar-refractivity contribution in [1.29, 1.82) is 0 Å². The largest absolute Gasteiger partial charge is 0.378 e. The molecule has 1 saturated carbocycles. The average molecular weight is 288 g/mol. The van der Waals surface area contributed by atoms with Gasteiger partial charge in [0.25, 0.3) is 0 Å². The summed E-state index contributed by atoms with van der Waals surface area (Å²) in [5.74, 6) is 5.23. The molecule has 1 aromatic carbocycles. The van der Waals surface area contributed by atoms with Crippen LogP contribution in [0.2, 0.25) is 0 Å². The molecule has 2 rings (SSSR count). The van der Waals surface area contributed by atoms with E-state index in [1.54, 1.807) is 23.9 Å². The highest BCUT2D eigenvalue weighted by Crippen LogP contribution is 2.26. The molecule has 1 aliphatic rings. The number of carbonyl (C=O) groups is 1. The van der Waals surface area contributed by atoms with E-state index in [2.05, 4.69) is 11.8 Å². The van der Waals surface area contributed by atoms with Gasteiger partial charge in [0.1, 0.15) is 5.60 Å². The first kappa shape index (κ1) is 15.2. The molecule has 2 nitrogen and oxygen atoms in total. The Morgan fingerprint density at radius 2 is 1.75 bits per heavy atom. The van der Waals surface area contributed by atoms with Crippen molar-refractivity contribution >= 4 is 17.5 Å². The quantitative estimate of drug-likeness (QED) is 0.296. The van der Waals surface area contributed by atoms with Gasteiger partial charge in [-0.15, -0.1) is 11.8 Å². The molecule has 1 fully saturated rings. The van der Waals surface area contributed by atoms with Gasteiger partial charge in [0.2, 0.25) is 5.78 Å². The molecule has 1 N–H and O–H groups in total. The normalized spacial score (nSPS) is 17.7. The van der Waals surface area contributed by atoms with Crippen LogP contribution >= 0.6 is 11.8 Å². The fraction of sp³-hybridized carbons (Fsp3) is 0.471. The molecule has 106 valence electrons. The van der Waals surface area contributed by atoms with Crippen LogP contribution < -0.4 is 0 Å². The van der Waals surface area contributed by atoms with Crippen LogP contribution in [-0.2, 0) is 0 Å². The number of hydrogen-bond acceptors (Lipinski definition) is 3. The molecular formula is C17H20O2S. The second-order valence-electron chi connectivity index (χ2n) is 5.25. The molecule has 1 aromatic rings. The van der Waals surface area contributed by atoms with Crippen molar-refractivity contribution in [2.24, 2.45) is 0 Å². The molecule has 0 radical (unpaired) electrons. The number of ketones is 1. The van der Waals surface area contributed by atoms with Crippen LogP contribution in [0.15, 0.2) is 29.2 Å². The van der Waals surface area contributed by atoms with E-state index in [1.165, 1.54) is 0 Å². The van der Waals surface area contributed by atoms with Crippen molar-refractivity contribution in [3.8, 4) is 11.8 Å². The van der Waals surface area contributed by atoms with Crippen LogP contribution in [-0.4, -0.2) is 22.7 Å². The Balaban J connectivity index is 2.08. The molecular weight excluding hydrogens is 268 g/mol. The summed E-state index contributed by atoms with van der Waals surface area (Å²) in [5, 5.41) is 10.4. The van der Waals surface area contributed by atoms with Crippen molar-refractivity contribution in [3.05, 3.63) is 29.8 Å². The monoisotopic (exact) mass is 288 g/mol. The van der Waals surface area contributed by atoms with Crippen LogP contribution in [0.4, 0.5) is 0 Å². The summed E-state index contributed by atoms with van der Waals surface area (Å²) in [4.78, 5) is 13.1. The number of hydrogen-bond donors (Lipinski definition) is 1. The minimum absolute atomic E-state index is 0.213. The lowest BCUT2D eigenvalue weighted by Crippen LogP contribution is -2.25. The van der Waals surface area contributed by atoms with Crippen LogP contribution in [0, 0.1) is 11.8 Å². The standard InChI is InChI=1S/C17H20O2S/c1-20-15-8-6-14(7-9-15)16(18)10-13-17(19)11-4-2-3-5-12-17/h6-9,19H,2-5,11-12H2,1H3. The second-order valence-corrected chi connectivity index (χ2v) is 6.13. The lowest BCUT2D eigenvalue weighted by atomic mass is 9.95. The summed E-state index contributed by atoms with van der Waals surface area (Å²) in [6.45, 7) is 0. The van der Waals surface area contributed by atoms with E-state index in [4.69, 9.17) is 0 Å². The number of Topliss-reactive ketones (excluding diaryl/α,β-unsaturated/α-hetero) is 1. The molecule has 0 aromatic heterocycles. The maximum Gasteiger partial charge on any atom is 0.235 e. The molecule has 0 spiro atoms. The van der Waals surface area contributed by atoms with Crippen LogP contribution in [0.3, 0.4) is 0 Å². The maximum absolute atomic E-state index is 12.0. The van der Waals surface area contributed by atoms with E-state index in [0.717, 1.165) is 30.6 Å². The highest BCUT2D eigenvalue weighted by Gasteiger charge is 2.25. The first-order valence-electron chi connectivity index (χ1n) is 7.07. The third kappa shape index (κ3) is 4.13. The molecule has 20 heavy (non-hydrogen) atoms. The van der Waals surface area contributed by atoms with Gasteiger partial charge < -0.3 is 5.11 Å². The van der Waals surface area contributed by atoms with Gasteiger partial charge in [-0.2, -0.15) is 0 Å². The van der Waals surface area contributed by atoms with E-state index in [-0.39, 0.29) is 5.78 Å². The van der Waals surface area contributed by atoms with Gasteiger partial charge in [0.15, 0.2) is 0 Å². The third-order valence-electron chi connectivity index (χ3n) is 3.69. The van der Waals surface area contributed by atoms with Crippen molar-refractivity contribution in [1.82, 2.24) is 0 Å². The minimum atomic E-state index is -0.967. The Morgan fingerprint density at radius 3 is 2.30 bits per heavy atom. The van der Waals surface area contributed by atoms with Gasteiger partial charge >= 0.3 is 0 Å². The number of rotatable bonds is 2. The van der Waals surface area contributed by atoms with Gasteiger partial charge in [-0.3, -0.25) is 4.79 Å².